The molecule has 1 heterocycles. The number of ether oxygens (including phenoxy) is 2. The van der Waals surface area contributed by atoms with E-state index in [4.69, 9.17) is 14.6 Å². The molecule has 1 aliphatic heterocycles. The number of hydrogen-bond donors (Lipinski definition) is 3. The van der Waals surface area contributed by atoms with Crippen molar-refractivity contribution in [1.29, 1.82) is 0 Å². The van der Waals surface area contributed by atoms with Crippen LogP contribution in [-0.4, -0.2) is 42.1 Å². The van der Waals surface area contributed by atoms with Gasteiger partial charge in [-0.1, -0.05) is 48.5 Å². The molecule has 1 aliphatic carbocycles. The first-order chi connectivity index (χ1) is 19.0. The summed E-state index contributed by atoms with van der Waals surface area (Å²) in [6.07, 6.45) is 6.73. The van der Waals surface area contributed by atoms with Crippen LogP contribution in [0.3, 0.4) is 0 Å². The van der Waals surface area contributed by atoms with Crippen LogP contribution < -0.4 is 20.1 Å². The molecule has 3 aromatic rings. The fourth-order valence-corrected chi connectivity index (χ4v) is 4.01. The predicted molar refractivity (Wildman–Crippen MR) is 147 cm³/mol. The number of carbonyl (C=O) groups is 3. The fraction of sp³-hybridized carbons (Fsp3) is 0.194. The average molecular weight is 525 g/mol. The minimum absolute atomic E-state index is 0.153. The van der Waals surface area contributed by atoms with Gasteiger partial charge < -0.3 is 25.2 Å². The molecule has 0 saturated heterocycles. The molecule has 2 aliphatic rings. The maximum Gasteiger partial charge on any atom is 0.252 e. The van der Waals surface area contributed by atoms with Crippen LogP contribution in [-0.2, 0) is 16.1 Å². The lowest BCUT2D eigenvalue weighted by Gasteiger charge is -2.10. The Kier molecular flexibility index (Phi) is 7.84. The number of fused-ring (bicyclic) bond motifs is 1. The number of benzene rings is 3. The lowest BCUT2D eigenvalue weighted by Crippen LogP contribution is -2.26. The van der Waals surface area contributed by atoms with Gasteiger partial charge in [-0.3, -0.25) is 14.4 Å². The highest BCUT2D eigenvalue weighted by Crippen LogP contribution is 2.35. The first kappa shape index (κ1) is 25.9. The van der Waals surface area contributed by atoms with E-state index in [1.807, 2.05) is 30.3 Å². The summed E-state index contributed by atoms with van der Waals surface area (Å²) < 4.78 is 10.9. The van der Waals surface area contributed by atoms with E-state index in [2.05, 4.69) is 10.6 Å². The minimum Gasteiger partial charge on any atom is -0.454 e. The number of ketones is 1. The molecule has 0 unspecified atom stereocenters. The molecule has 0 atom stereocenters. The number of rotatable bonds is 10. The zero-order valence-corrected chi connectivity index (χ0v) is 21.2. The van der Waals surface area contributed by atoms with Gasteiger partial charge in [0.25, 0.3) is 11.8 Å². The highest BCUT2D eigenvalue weighted by atomic mass is 16.7. The quantitative estimate of drug-likeness (QED) is 0.275. The second-order valence-corrected chi connectivity index (χ2v) is 9.38. The molecule has 8 heteroatoms. The number of aliphatic hydroxyl groups is 1. The van der Waals surface area contributed by atoms with Crippen molar-refractivity contribution < 1.29 is 29.0 Å². The molecule has 5 rings (SSSR count). The maximum absolute atomic E-state index is 13.1. The Morgan fingerprint density at radius 3 is 2.28 bits per heavy atom. The Hall–Kier alpha value is -4.69. The molecule has 0 aromatic heterocycles. The van der Waals surface area contributed by atoms with Gasteiger partial charge in [0.1, 0.15) is 6.61 Å². The SMILES string of the molecule is O=C(/C=C/c1ccc(CNC(=O)c2ccc(/C=C(/C(=O)NC3CC3)c3ccc4c(c3)OCO4)cc2)cc1)CO. The Morgan fingerprint density at radius 2 is 1.56 bits per heavy atom. The molecule has 1 fully saturated rings. The molecule has 198 valence electrons. The Bertz CT molecular complexity index is 1440. The van der Waals surface area contributed by atoms with Crippen molar-refractivity contribution in [1.82, 2.24) is 10.6 Å². The summed E-state index contributed by atoms with van der Waals surface area (Å²) in [5, 5.41) is 14.7. The smallest absolute Gasteiger partial charge is 0.252 e. The number of carbonyl (C=O) groups excluding carboxylic acids is 3. The third-order valence-corrected chi connectivity index (χ3v) is 6.37. The van der Waals surface area contributed by atoms with E-state index < -0.39 is 6.61 Å². The van der Waals surface area contributed by atoms with Crippen molar-refractivity contribution in [2.24, 2.45) is 0 Å². The predicted octanol–water partition coefficient (Wildman–Crippen LogP) is 3.74. The molecule has 0 spiro atoms. The van der Waals surface area contributed by atoms with E-state index in [0.717, 1.165) is 35.1 Å². The summed E-state index contributed by atoms with van der Waals surface area (Å²) in [4.78, 5) is 37.0. The van der Waals surface area contributed by atoms with Crippen LogP contribution in [0, 0.1) is 0 Å². The molecule has 3 aromatic carbocycles. The number of amides is 2. The topological polar surface area (TPSA) is 114 Å². The largest absolute Gasteiger partial charge is 0.454 e. The van der Waals surface area contributed by atoms with Crippen molar-refractivity contribution in [3.63, 3.8) is 0 Å². The first-order valence-corrected chi connectivity index (χ1v) is 12.7. The number of nitrogens with one attached hydrogen (secondary N) is 2. The molecular formula is C31H28N2O6. The maximum atomic E-state index is 13.1. The molecular weight excluding hydrogens is 496 g/mol. The molecule has 1 saturated carbocycles. The van der Waals surface area contributed by atoms with E-state index in [0.29, 0.717) is 29.2 Å². The third-order valence-electron chi connectivity index (χ3n) is 6.37. The van der Waals surface area contributed by atoms with E-state index in [-0.39, 0.29) is 30.4 Å². The summed E-state index contributed by atoms with van der Waals surface area (Å²) in [6.45, 7) is -0.0176. The molecule has 8 nitrogen and oxygen atoms in total. The normalized spacial score (nSPS) is 14.3. The van der Waals surface area contributed by atoms with Crippen LogP contribution in [0.25, 0.3) is 17.7 Å². The highest BCUT2D eigenvalue weighted by Gasteiger charge is 2.26. The van der Waals surface area contributed by atoms with Gasteiger partial charge in [-0.15, -0.1) is 0 Å². The standard InChI is InChI=1S/C31H28N2O6/c34-18-26(35)13-7-20-1-3-22(4-2-20)17-32-30(36)23-8-5-21(6-9-23)15-27(31(37)33-25-11-12-25)24-10-14-28-29(16-24)39-19-38-28/h1-10,13-16,25,34H,11-12,17-19H2,(H,32,36)(H,33,37)/b13-7+,27-15+. The zero-order valence-electron chi connectivity index (χ0n) is 21.2. The zero-order chi connectivity index (χ0) is 27.2. The third kappa shape index (κ3) is 6.80. The first-order valence-electron chi connectivity index (χ1n) is 12.7. The van der Waals surface area contributed by atoms with Gasteiger partial charge in [0.2, 0.25) is 6.79 Å². The molecule has 39 heavy (non-hydrogen) atoms. The highest BCUT2D eigenvalue weighted by molar-refractivity contribution is 6.24. The summed E-state index contributed by atoms with van der Waals surface area (Å²) >= 11 is 0. The van der Waals surface area contributed by atoms with Crippen LogP contribution in [0.4, 0.5) is 0 Å². The van der Waals surface area contributed by atoms with Crippen molar-refractivity contribution in [3.05, 3.63) is 101 Å². The van der Waals surface area contributed by atoms with E-state index in [1.165, 1.54) is 6.08 Å². The second-order valence-electron chi connectivity index (χ2n) is 9.38. The van der Waals surface area contributed by atoms with Gasteiger partial charge in [0, 0.05) is 23.7 Å². The molecule has 0 radical (unpaired) electrons. The van der Waals surface area contributed by atoms with E-state index >= 15 is 0 Å². The second kappa shape index (κ2) is 11.8. The summed E-state index contributed by atoms with van der Waals surface area (Å²) in [5.74, 6) is 0.523. The van der Waals surface area contributed by atoms with Gasteiger partial charge in [-0.05, 0) is 71.5 Å². The summed E-state index contributed by atoms with van der Waals surface area (Å²) in [7, 11) is 0. The average Bonchev–Trinajstić information content (AvgIpc) is 3.66. The van der Waals surface area contributed by atoms with Gasteiger partial charge in [-0.25, -0.2) is 0 Å². The van der Waals surface area contributed by atoms with Gasteiger partial charge in [0.05, 0.1) is 0 Å². The lowest BCUT2D eigenvalue weighted by atomic mass is 10.0. The summed E-state index contributed by atoms with van der Waals surface area (Å²) in [6, 6.07) is 20.1. The minimum atomic E-state index is -0.519. The van der Waals surface area contributed by atoms with Crippen LogP contribution in [0.15, 0.2) is 72.8 Å². The van der Waals surface area contributed by atoms with E-state index in [9.17, 15) is 14.4 Å². The van der Waals surface area contributed by atoms with Gasteiger partial charge in [0.15, 0.2) is 17.3 Å². The Morgan fingerprint density at radius 1 is 0.872 bits per heavy atom. The van der Waals surface area contributed by atoms with E-state index in [1.54, 1.807) is 48.6 Å². The monoisotopic (exact) mass is 524 g/mol. The van der Waals surface area contributed by atoms with Crippen LogP contribution in [0.1, 0.15) is 45.5 Å². The van der Waals surface area contributed by atoms with Crippen LogP contribution in [0.5, 0.6) is 11.5 Å². The molecule has 3 N–H and O–H groups in total. The molecule has 2 amide bonds. The number of hydrogen-bond acceptors (Lipinski definition) is 6. The van der Waals surface area contributed by atoms with Crippen LogP contribution in [0.2, 0.25) is 0 Å². The summed E-state index contributed by atoms with van der Waals surface area (Å²) in [5.41, 5.74) is 4.25. The van der Waals surface area contributed by atoms with Crippen molar-refractivity contribution in [3.8, 4) is 11.5 Å². The molecule has 0 bridgehead atoms. The van der Waals surface area contributed by atoms with Gasteiger partial charge >= 0.3 is 0 Å². The van der Waals surface area contributed by atoms with Crippen LogP contribution >= 0.6 is 0 Å². The lowest BCUT2D eigenvalue weighted by molar-refractivity contribution is -0.117. The van der Waals surface area contributed by atoms with Crippen molar-refractivity contribution in [2.75, 3.05) is 13.4 Å². The van der Waals surface area contributed by atoms with Crippen molar-refractivity contribution in [2.45, 2.75) is 25.4 Å². The van der Waals surface area contributed by atoms with Gasteiger partial charge in [-0.2, -0.15) is 0 Å². The Labute approximate surface area is 226 Å². The number of aliphatic hydroxyl groups excluding tert-OH is 1. The Balaban J connectivity index is 1.25. The van der Waals surface area contributed by atoms with Crippen molar-refractivity contribution >= 4 is 35.3 Å². The fourth-order valence-electron chi connectivity index (χ4n) is 4.01.